The molecule has 2 radical (unpaired) electrons. The fraction of sp³-hybridized carbons (Fsp3) is 0.458. The van der Waals surface area contributed by atoms with E-state index in [1.54, 1.807) is 6.20 Å². The summed E-state index contributed by atoms with van der Waals surface area (Å²) in [5.74, 6) is 1.75. The van der Waals surface area contributed by atoms with Crippen LogP contribution in [0, 0.1) is 5.92 Å². The summed E-state index contributed by atoms with van der Waals surface area (Å²) in [6.45, 7) is 10.8. The van der Waals surface area contributed by atoms with Crippen LogP contribution in [0.25, 0.3) is 34.1 Å². The molecule has 3 heterocycles. The van der Waals surface area contributed by atoms with Gasteiger partial charge in [-0.3, -0.25) is 4.79 Å². The van der Waals surface area contributed by atoms with Crippen molar-refractivity contribution in [3.05, 3.63) is 33.2 Å². The zero-order valence-electron chi connectivity index (χ0n) is 20.2. The molecule has 3 N–H and O–H groups in total. The second-order valence-electron chi connectivity index (χ2n) is 8.37. The number of hydrogen-bond donors (Lipinski definition) is 3. The Labute approximate surface area is 192 Å². The number of aromatic nitrogens is 4. The number of pyridine rings is 2. The van der Waals surface area contributed by atoms with Gasteiger partial charge >= 0.3 is 0 Å². The lowest BCUT2D eigenvalue weighted by molar-refractivity contribution is 0.732. The molecule has 0 spiro atoms. The summed E-state index contributed by atoms with van der Waals surface area (Å²) in [4.78, 5) is 34.7. The van der Waals surface area contributed by atoms with E-state index in [0.29, 0.717) is 27.0 Å². The number of aromatic amines is 2. The third-order valence-corrected chi connectivity index (χ3v) is 6.52. The van der Waals surface area contributed by atoms with Gasteiger partial charge in [-0.25, -0.2) is 9.97 Å². The quantitative estimate of drug-likeness (QED) is 0.459. The lowest BCUT2D eigenvalue weighted by Crippen LogP contribution is -2.40. The van der Waals surface area contributed by atoms with Crippen LogP contribution in [0.15, 0.2) is 17.1 Å². The number of imidazole rings is 1. The number of fused-ring (bicyclic) bond motifs is 1. The van der Waals surface area contributed by atoms with E-state index in [1.807, 2.05) is 25.1 Å². The molecule has 0 aliphatic heterocycles. The number of nitrogens with one attached hydrogen (secondary N) is 3. The highest BCUT2D eigenvalue weighted by atomic mass is 28.2. The van der Waals surface area contributed by atoms with Crippen molar-refractivity contribution in [1.82, 2.24) is 19.9 Å². The Bertz CT molecular complexity index is 1270. The van der Waals surface area contributed by atoms with Crippen molar-refractivity contribution in [3.8, 4) is 11.4 Å². The molecule has 1 atom stereocenters. The van der Waals surface area contributed by atoms with Crippen LogP contribution >= 0.6 is 0 Å². The Morgan fingerprint density at radius 3 is 2.66 bits per heavy atom. The topological polar surface area (TPSA) is 89.7 Å². The molecule has 8 heteroatoms. The van der Waals surface area contributed by atoms with Crippen LogP contribution in [0.1, 0.15) is 47.5 Å². The Hall–Kier alpha value is -2.87. The fourth-order valence-electron chi connectivity index (χ4n) is 3.56. The molecule has 0 aromatic carbocycles. The molecule has 7 nitrogen and oxygen atoms in total. The molecule has 3 aromatic heterocycles. The summed E-state index contributed by atoms with van der Waals surface area (Å²) in [5, 5.41) is 1.97. The first-order valence-corrected chi connectivity index (χ1v) is 12.5. The summed E-state index contributed by atoms with van der Waals surface area (Å²) >= 11 is 0. The first-order chi connectivity index (χ1) is 15.3. The minimum atomic E-state index is -0.143. The third-order valence-electron chi connectivity index (χ3n) is 5.74. The van der Waals surface area contributed by atoms with Crippen LogP contribution in [0.5, 0.6) is 0 Å². The second kappa shape index (κ2) is 10.2. The molecule has 0 fully saturated rings. The van der Waals surface area contributed by atoms with E-state index >= 15 is 0 Å². The van der Waals surface area contributed by atoms with Gasteiger partial charge in [-0.2, -0.15) is 0 Å². The molecule has 32 heavy (non-hydrogen) atoms. The van der Waals surface area contributed by atoms with E-state index < -0.39 is 0 Å². The van der Waals surface area contributed by atoms with Crippen LogP contribution in [0.3, 0.4) is 0 Å². The first kappa shape index (κ1) is 23.8. The number of hydrogen-bond acceptors (Lipinski definition) is 5. The zero-order chi connectivity index (χ0) is 23.4. The SMILES string of the molecule is CC[Si]Nc1c(-c2nc3cc(N(C)C)ncc3[nH]2)c(=O)[nH]c(=C/C(C)CC)/c1=C(/C)CC. The van der Waals surface area contributed by atoms with Crippen LogP contribution < -0.4 is 26.0 Å². The van der Waals surface area contributed by atoms with Crippen molar-refractivity contribution in [2.24, 2.45) is 5.92 Å². The minimum Gasteiger partial charge on any atom is -0.410 e. The average molecular weight is 451 g/mol. The van der Waals surface area contributed by atoms with E-state index in [2.05, 4.69) is 60.6 Å². The van der Waals surface area contributed by atoms with E-state index in [1.165, 1.54) is 5.57 Å². The number of anilines is 2. The first-order valence-electron chi connectivity index (χ1n) is 11.3. The average Bonchev–Trinajstić information content (AvgIpc) is 3.19. The van der Waals surface area contributed by atoms with Gasteiger partial charge in [-0.1, -0.05) is 45.8 Å². The van der Waals surface area contributed by atoms with Gasteiger partial charge in [0.15, 0.2) is 9.68 Å². The molecule has 3 rings (SSSR count). The van der Waals surface area contributed by atoms with Crippen molar-refractivity contribution in [3.63, 3.8) is 0 Å². The maximum atomic E-state index is 13.4. The molecule has 170 valence electrons. The Morgan fingerprint density at radius 1 is 1.28 bits per heavy atom. The van der Waals surface area contributed by atoms with Crippen LogP contribution in [0.2, 0.25) is 6.04 Å². The highest BCUT2D eigenvalue weighted by Gasteiger charge is 2.18. The summed E-state index contributed by atoms with van der Waals surface area (Å²) in [5.41, 5.74) is 4.10. The maximum Gasteiger partial charge on any atom is 0.261 e. The Balaban J connectivity index is 2.39. The van der Waals surface area contributed by atoms with Crippen molar-refractivity contribution < 1.29 is 0 Å². The zero-order valence-corrected chi connectivity index (χ0v) is 21.2. The molecule has 0 saturated heterocycles. The predicted molar refractivity (Wildman–Crippen MR) is 137 cm³/mol. The highest BCUT2D eigenvalue weighted by molar-refractivity contribution is 6.40. The third kappa shape index (κ3) is 4.80. The van der Waals surface area contributed by atoms with Crippen LogP contribution in [0.4, 0.5) is 11.5 Å². The Morgan fingerprint density at radius 2 is 2.03 bits per heavy atom. The van der Waals surface area contributed by atoms with Gasteiger partial charge in [0.25, 0.3) is 5.56 Å². The molecule has 3 aromatic rings. The number of H-pyrrole nitrogens is 2. The van der Waals surface area contributed by atoms with E-state index in [4.69, 9.17) is 4.98 Å². The van der Waals surface area contributed by atoms with Crippen LogP contribution in [-0.2, 0) is 0 Å². The molecular weight excluding hydrogens is 416 g/mol. The maximum absolute atomic E-state index is 13.4. The summed E-state index contributed by atoms with van der Waals surface area (Å²) < 4.78 is 0. The number of rotatable bonds is 8. The van der Waals surface area contributed by atoms with E-state index in [0.717, 1.165) is 52.0 Å². The summed E-state index contributed by atoms with van der Waals surface area (Å²) in [7, 11) is 4.40. The van der Waals surface area contributed by atoms with Gasteiger partial charge < -0.3 is 19.9 Å². The van der Waals surface area contributed by atoms with Crippen LogP contribution in [-0.4, -0.2) is 43.7 Å². The largest absolute Gasteiger partial charge is 0.410 e. The minimum absolute atomic E-state index is 0.143. The van der Waals surface area contributed by atoms with Crippen molar-refractivity contribution in [2.75, 3.05) is 24.0 Å². The van der Waals surface area contributed by atoms with E-state index in [9.17, 15) is 4.79 Å². The molecule has 1 unspecified atom stereocenters. The van der Waals surface area contributed by atoms with E-state index in [-0.39, 0.29) is 5.56 Å². The molecule has 0 amide bonds. The molecule has 0 saturated carbocycles. The van der Waals surface area contributed by atoms with Gasteiger partial charge in [-0.15, -0.1) is 0 Å². The van der Waals surface area contributed by atoms with Crippen molar-refractivity contribution in [1.29, 1.82) is 0 Å². The van der Waals surface area contributed by atoms with Crippen molar-refractivity contribution in [2.45, 2.75) is 53.5 Å². The predicted octanol–water partition coefficient (Wildman–Crippen LogP) is 3.26. The lowest BCUT2D eigenvalue weighted by atomic mass is 10.0. The normalized spacial score (nSPS) is 14.0. The number of nitrogens with zero attached hydrogens (tertiary/aromatic N) is 3. The standard InChI is InChI=1S/C24H34N6OSi/c1-8-14(4)11-17-20(15(5)9-2)22(29-32-10-3)21(24(31)28-17)23-26-16-12-19(30(6)7)25-13-18(16)27-23/h11-14,29H,8-10H2,1-7H3,(H,26,27)(H,28,31)/b17-11+,20-15+. The fourth-order valence-corrected chi connectivity index (χ4v) is 4.16. The monoisotopic (exact) mass is 450 g/mol. The summed E-state index contributed by atoms with van der Waals surface area (Å²) in [6.07, 6.45) is 5.85. The van der Waals surface area contributed by atoms with Gasteiger partial charge in [0, 0.05) is 30.7 Å². The molecular formula is C24H34N6OSi. The highest BCUT2D eigenvalue weighted by Crippen LogP contribution is 2.23. The molecule has 0 aliphatic carbocycles. The molecule has 0 aliphatic rings. The second-order valence-corrected chi connectivity index (χ2v) is 9.68. The Kier molecular flexibility index (Phi) is 7.55. The smallest absolute Gasteiger partial charge is 0.261 e. The van der Waals surface area contributed by atoms with Crippen molar-refractivity contribution >= 4 is 43.9 Å². The van der Waals surface area contributed by atoms with Gasteiger partial charge in [0.05, 0.1) is 22.9 Å². The van der Waals surface area contributed by atoms with Gasteiger partial charge in [-0.05, 0) is 25.3 Å². The lowest BCUT2D eigenvalue weighted by Gasteiger charge is -2.13. The van der Waals surface area contributed by atoms with Gasteiger partial charge in [0.1, 0.15) is 17.2 Å². The summed E-state index contributed by atoms with van der Waals surface area (Å²) in [6, 6.07) is 2.91. The van der Waals surface area contributed by atoms with Gasteiger partial charge in [0.2, 0.25) is 0 Å². The molecule has 0 bridgehead atoms.